The summed E-state index contributed by atoms with van der Waals surface area (Å²) in [6, 6.07) is 9.35. The highest BCUT2D eigenvalue weighted by Gasteiger charge is 2.34. The van der Waals surface area contributed by atoms with Crippen LogP contribution in [-0.4, -0.2) is 110 Å². The molecule has 43 heavy (non-hydrogen) atoms. The van der Waals surface area contributed by atoms with Gasteiger partial charge in [0.15, 0.2) is 0 Å². The number of aromatic nitrogens is 2. The zero-order chi connectivity index (χ0) is 30.5. The Morgan fingerprint density at radius 2 is 1.98 bits per heavy atom. The van der Waals surface area contributed by atoms with Crippen molar-refractivity contribution >= 4 is 17.4 Å². The largest absolute Gasteiger partial charge is 0.462 e. The van der Waals surface area contributed by atoms with Crippen LogP contribution in [0.3, 0.4) is 0 Å². The van der Waals surface area contributed by atoms with Crippen molar-refractivity contribution in [3.8, 4) is 12.1 Å². The van der Waals surface area contributed by atoms with E-state index in [9.17, 15) is 10.1 Å². The number of carbonyl (C=O) groups is 1. The Morgan fingerprint density at radius 1 is 1.14 bits per heavy atom. The molecule has 2 aromatic rings. The molecule has 0 bridgehead atoms. The molecule has 1 aromatic carbocycles. The Hall–Kier alpha value is -3.68. The van der Waals surface area contributed by atoms with E-state index >= 15 is 0 Å². The second kappa shape index (κ2) is 13.7. The lowest BCUT2D eigenvalue weighted by atomic mass is 10.0. The fraction of sp³-hybridized carbons (Fsp3) is 0.576. The van der Waals surface area contributed by atoms with Gasteiger partial charge in [0.1, 0.15) is 12.4 Å². The van der Waals surface area contributed by atoms with Crippen molar-refractivity contribution in [1.82, 2.24) is 24.7 Å². The summed E-state index contributed by atoms with van der Waals surface area (Å²) < 4.78 is 6.30. The number of amides is 1. The Bertz CT molecular complexity index is 1370. The average molecular weight is 587 g/mol. The van der Waals surface area contributed by atoms with Crippen LogP contribution in [0.4, 0.5) is 11.5 Å². The number of anilines is 2. The number of hydrogen-bond donors (Lipinski definition) is 0. The molecular weight excluding hydrogens is 540 g/mol. The predicted molar refractivity (Wildman–Crippen MR) is 169 cm³/mol. The summed E-state index contributed by atoms with van der Waals surface area (Å²) in [6.45, 7) is 9.97. The molecule has 0 spiro atoms. The lowest BCUT2D eigenvalue weighted by Gasteiger charge is -2.42. The standard InChI is InChI=1S/C33H46N8O2/c1-24-9-6-11-30(25(24)2)39-18-14-28-29(22-39)35-33(43-23-27-10-7-17-38(27)5)36-32(28)40-19-20-41(26(21-40)13-15-34)31(42)12-8-16-37(3)4/h6,8-9,11-12,26-27H,7,10,13-14,16-23H2,1-5H3/b12-8+/t26?,27-/m0/s1. The molecule has 1 unspecified atom stereocenters. The smallest absolute Gasteiger partial charge is 0.318 e. The number of nitriles is 1. The fourth-order valence-corrected chi connectivity index (χ4v) is 6.44. The van der Waals surface area contributed by atoms with Gasteiger partial charge in [-0.1, -0.05) is 18.2 Å². The Kier molecular flexibility index (Phi) is 9.83. The normalized spacial score (nSPS) is 21.0. The number of hydrogen-bond acceptors (Lipinski definition) is 9. The number of carbonyl (C=O) groups excluding carboxylic acids is 1. The van der Waals surface area contributed by atoms with Crippen molar-refractivity contribution in [1.29, 1.82) is 5.26 Å². The van der Waals surface area contributed by atoms with E-state index < -0.39 is 0 Å². The van der Waals surface area contributed by atoms with E-state index in [4.69, 9.17) is 14.7 Å². The van der Waals surface area contributed by atoms with Crippen molar-refractivity contribution in [2.75, 3.05) is 76.8 Å². The summed E-state index contributed by atoms with van der Waals surface area (Å²) in [6.07, 6.45) is 6.91. The SMILES string of the molecule is Cc1cccc(N2CCc3c(nc(OC[C@@H]4CCCN4C)nc3N3CCN(C(=O)/C=C/CN(C)C)C(CC#N)C3)C2)c1C. The molecule has 0 radical (unpaired) electrons. The average Bonchev–Trinajstić information content (AvgIpc) is 3.41. The van der Waals surface area contributed by atoms with Gasteiger partial charge in [0.2, 0.25) is 5.91 Å². The molecule has 0 N–H and O–H groups in total. The zero-order valence-corrected chi connectivity index (χ0v) is 26.4. The first-order valence-electron chi connectivity index (χ1n) is 15.5. The van der Waals surface area contributed by atoms with Crippen molar-refractivity contribution in [3.63, 3.8) is 0 Å². The third-order valence-corrected chi connectivity index (χ3v) is 9.14. The topological polar surface area (TPSA) is 92.1 Å². The van der Waals surface area contributed by atoms with E-state index in [-0.39, 0.29) is 18.4 Å². The molecule has 3 aliphatic heterocycles. The first-order valence-corrected chi connectivity index (χ1v) is 15.5. The second-order valence-electron chi connectivity index (χ2n) is 12.4. The van der Waals surface area contributed by atoms with Crippen LogP contribution in [0.25, 0.3) is 0 Å². The molecule has 5 rings (SSSR count). The summed E-state index contributed by atoms with van der Waals surface area (Å²) in [7, 11) is 6.09. The lowest BCUT2D eigenvalue weighted by Crippen LogP contribution is -2.55. The first-order chi connectivity index (χ1) is 20.7. The molecule has 2 atom stereocenters. The molecule has 10 heteroatoms. The van der Waals surface area contributed by atoms with Crippen LogP contribution in [0.2, 0.25) is 0 Å². The van der Waals surface area contributed by atoms with Crippen LogP contribution in [0.1, 0.15) is 41.6 Å². The predicted octanol–water partition coefficient (Wildman–Crippen LogP) is 3.18. The van der Waals surface area contributed by atoms with E-state index in [1.807, 2.05) is 30.0 Å². The van der Waals surface area contributed by atoms with E-state index in [1.165, 1.54) is 23.2 Å². The van der Waals surface area contributed by atoms with Gasteiger partial charge < -0.3 is 29.2 Å². The van der Waals surface area contributed by atoms with Gasteiger partial charge in [0.05, 0.1) is 30.8 Å². The van der Waals surface area contributed by atoms with Crippen LogP contribution >= 0.6 is 0 Å². The lowest BCUT2D eigenvalue weighted by molar-refractivity contribution is -0.128. The van der Waals surface area contributed by atoms with Gasteiger partial charge in [-0.15, -0.1) is 0 Å². The molecular formula is C33H46N8O2. The molecule has 4 heterocycles. The van der Waals surface area contributed by atoms with E-state index in [2.05, 4.69) is 59.9 Å². The molecule has 3 aliphatic rings. The first kappa shape index (κ1) is 30.8. The zero-order valence-electron chi connectivity index (χ0n) is 26.4. The Balaban J connectivity index is 1.42. The van der Waals surface area contributed by atoms with Crippen LogP contribution < -0.4 is 14.5 Å². The summed E-state index contributed by atoms with van der Waals surface area (Å²) in [5, 5.41) is 9.65. The molecule has 2 saturated heterocycles. The van der Waals surface area contributed by atoms with Crippen LogP contribution in [-0.2, 0) is 17.8 Å². The van der Waals surface area contributed by atoms with Crippen molar-refractivity contribution in [2.45, 2.75) is 58.2 Å². The maximum absolute atomic E-state index is 13.1. The number of ether oxygens (including phenoxy) is 1. The van der Waals surface area contributed by atoms with Gasteiger partial charge in [0, 0.05) is 56.1 Å². The Labute approximate surface area is 256 Å². The minimum absolute atomic E-state index is 0.0414. The number of nitrogens with zero attached hydrogens (tertiary/aromatic N) is 8. The maximum atomic E-state index is 13.1. The highest BCUT2D eigenvalue weighted by Crippen LogP contribution is 2.34. The van der Waals surface area contributed by atoms with Crippen molar-refractivity contribution in [2.24, 2.45) is 0 Å². The van der Waals surface area contributed by atoms with E-state index in [0.29, 0.717) is 51.4 Å². The quantitative estimate of drug-likeness (QED) is 0.411. The summed E-state index contributed by atoms with van der Waals surface area (Å²) in [5.41, 5.74) is 5.95. The number of likely N-dealkylation sites (N-methyl/N-ethyl adjacent to an activating group) is 2. The van der Waals surface area contributed by atoms with E-state index in [1.54, 1.807) is 6.08 Å². The van der Waals surface area contributed by atoms with Gasteiger partial charge in [-0.3, -0.25) is 4.79 Å². The number of aryl methyl sites for hydroxylation is 1. The number of fused-ring (bicyclic) bond motifs is 1. The number of benzene rings is 1. The van der Waals surface area contributed by atoms with Gasteiger partial charge in [-0.05, 0) is 78.0 Å². The summed E-state index contributed by atoms with van der Waals surface area (Å²) in [4.78, 5) is 33.9. The second-order valence-corrected chi connectivity index (χ2v) is 12.4. The number of likely N-dealkylation sites (tertiary alicyclic amines) is 1. The number of rotatable bonds is 9. The van der Waals surface area contributed by atoms with Gasteiger partial charge >= 0.3 is 6.01 Å². The van der Waals surface area contributed by atoms with Crippen LogP contribution in [0.5, 0.6) is 6.01 Å². The molecule has 230 valence electrons. The minimum atomic E-state index is -0.215. The van der Waals surface area contributed by atoms with E-state index in [0.717, 1.165) is 43.0 Å². The monoisotopic (exact) mass is 586 g/mol. The van der Waals surface area contributed by atoms with Crippen LogP contribution in [0.15, 0.2) is 30.4 Å². The van der Waals surface area contributed by atoms with Gasteiger partial charge in [-0.2, -0.15) is 15.2 Å². The highest BCUT2D eigenvalue weighted by atomic mass is 16.5. The third kappa shape index (κ3) is 7.11. The van der Waals surface area contributed by atoms with Gasteiger partial charge in [-0.25, -0.2) is 0 Å². The molecule has 2 fully saturated rings. The molecule has 1 amide bonds. The molecule has 10 nitrogen and oxygen atoms in total. The molecule has 1 aromatic heterocycles. The van der Waals surface area contributed by atoms with Crippen molar-refractivity contribution < 1.29 is 9.53 Å². The minimum Gasteiger partial charge on any atom is -0.462 e. The number of piperazine rings is 1. The third-order valence-electron chi connectivity index (χ3n) is 9.14. The van der Waals surface area contributed by atoms with Gasteiger partial charge in [0.25, 0.3) is 0 Å². The Morgan fingerprint density at radius 3 is 2.72 bits per heavy atom. The fourth-order valence-electron chi connectivity index (χ4n) is 6.44. The highest BCUT2D eigenvalue weighted by molar-refractivity contribution is 5.88. The summed E-state index contributed by atoms with van der Waals surface area (Å²) in [5.74, 6) is 0.846. The summed E-state index contributed by atoms with van der Waals surface area (Å²) >= 11 is 0. The van der Waals surface area contributed by atoms with Crippen LogP contribution in [0, 0.1) is 25.2 Å². The molecule has 0 saturated carbocycles. The van der Waals surface area contributed by atoms with Crippen molar-refractivity contribution in [3.05, 3.63) is 52.7 Å². The molecule has 0 aliphatic carbocycles. The maximum Gasteiger partial charge on any atom is 0.318 e.